The first kappa shape index (κ1) is 8.38. The zero-order valence-corrected chi connectivity index (χ0v) is 8.12. The summed E-state index contributed by atoms with van der Waals surface area (Å²) in [7, 11) is 0. The Morgan fingerprint density at radius 1 is 1.73 bits per heavy atom. The van der Waals surface area contributed by atoms with Crippen molar-refractivity contribution in [3.63, 3.8) is 0 Å². The van der Waals surface area contributed by atoms with Crippen LogP contribution in [0.1, 0.15) is 5.76 Å². The van der Waals surface area contributed by atoms with Crippen LogP contribution in [-0.4, -0.2) is 15.0 Å². The molecule has 0 spiro atoms. The maximum atomic E-state index is 5.21. The fourth-order valence-electron chi connectivity index (χ4n) is 0.777. The summed E-state index contributed by atoms with van der Waals surface area (Å²) in [5.41, 5.74) is 1.09. The molecule has 0 saturated heterocycles. The fraction of sp³-hybridized carbons (Fsp3) is 0.111. The summed E-state index contributed by atoms with van der Waals surface area (Å²) in [6.07, 6.45) is 3.50. The first-order chi connectivity index (χ1) is 5.38. The van der Waals surface area contributed by atoms with Crippen molar-refractivity contribution < 1.29 is 4.42 Å². The second-order valence-electron chi connectivity index (χ2n) is 1.99. The molecule has 0 aliphatic carbocycles. The molecule has 58 valence electrons. The van der Waals surface area contributed by atoms with Crippen LogP contribution >= 0.6 is 0 Å². The van der Waals surface area contributed by atoms with E-state index in [0.717, 1.165) is 11.3 Å². The zero-order valence-electron chi connectivity index (χ0n) is 6.41. The van der Waals surface area contributed by atoms with Gasteiger partial charge in [-0.25, -0.2) is 0 Å². The molecular weight excluding hydrogens is 203 g/mol. The van der Waals surface area contributed by atoms with Crippen LogP contribution < -0.4 is 0 Å². The third kappa shape index (κ3) is 2.11. The topological polar surface area (TPSA) is 13.1 Å². The molecule has 1 aromatic rings. The first-order valence-electron chi connectivity index (χ1n) is 3.27. The molecule has 11 heavy (non-hydrogen) atoms. The molecule has 0 unspecified atom stereocenters. The van der Waals surface area contributed by atoms with E-state index in [-0.39, 0.29) is 0 Å². The second kappa shape index (κ2) is 4.22. The van der Waals surface area contributed by atoms with Crippen molar-refractivity contribution >= 4 is 20.5 Å². The molecule has 1 nitrogen and oxygen atoms in total. The molecule has 2 heteroatoms. The van der Waals surface area contributed by atoms with Crippen molar-refractivity contribution in [1.29, 1.82) is 0 Å². The molecule has 1 heterocycles. The Bertz CT molecular complexity index is 247. The monoisotopic (exact) mass is 214 g/mol. The van der Waals surface area contributed by atoms with E-state index in [1.807, 2.05) is 18.2 Å². The van der Waals surface area contributed by atoms with Gasteiger partial charge in [-0.1, -0.05) is 0 Å². The summed E-state index contributed by atoms with van der Waals surface area (Å²) in [4.78, 5) is 2.15. The number of hydrogen-bond donors (Lipinski definition) is 0. The van der Waals surface area contributed by atoms with Crippen LogP contribution in [0.5, 0.6) is 0 Å². The summed E-state index contributed by atoms with van der Waals surface area (Å²) in [5, 5.41) is 0. The summed E-state index contributed by atoms with van der Waals surface area (Å²) < 4.78 is 5.21. The van der Waals surface area contributed by atoms with Crippen LogP contribution in [0.25, 0.3) is 5.57 Å². The third-order valence-corrected chi connectivity index (χ3v) is 2.30. The van der Waals surface area contributed by atoms with Gasteiger partial charge in [-0.15, -0.1) is 0 Å². The van der Waals surface area contributed by atoms with E-state index in [2.05, 4.69) is 17.4 Å². The van der Waals surface area contributed by atoms with Crippen LogP contribution in [0.15, 0.2) is 40.4 Å². The third-order valence-electron chi connectivity index (χ3n) is 1.27. The molecule has 0 N–H and O–H groups in total. The van der Waals surface area contributed by atoms with Gasteiger partial charge in [0.2, 0.25) is 0 Å². The molecule has 1 rings (SSSR count). The Labute approximate surface area is 73.0 Å². The van der Waals surface area contributed by atoms with E-state index in [1.54, 1.807) is 6.26 Å². The minimum absolute atomic E-state index is 0.524. The number of furan rings is 1. The number of allylic oxidation sites excluding steroid dienone is 2. The van der Waals surface area contributed by atoms with E-state index in [1.165, 1.54) is 0 Å². The Kier molecular flexibility index (Phi) is 3.21. The van der Waals surface area contributed by atoms with Gasteiger partial charge in [0.05, 0.1) is 0 Å². The van der Waals surface area contributed by atoms with Gasteiger partial charge in [-0.05, 0) is 0 Å². The molecule has 0 aliphatic heterocycles. The average Bonchev–Trinajstić information content (AvgIpc) is 2.52. The molecule has 0 amide bonds. The normalized spacial score (nSPS) is 11.5. The number of hydrogen-bond acceptors (Lipinski definition) is 1. The Balaban J connectivity index is 2.88. The van der Waals surface area contributed by atoms with Crippen LogP contribution in [-0.2, 0) is 0 Å². The van der Waals surface area contributed by atoms with Gasteiger partial charge in [0.1, 0.15) is 0 Å². The Morgan fingerprint density at radius 2 is 2.55 bits per heavy atom. The minimum atomic E-state index is 0.524. The van der Waals surface area contributed by atoms with Gasteiger partial charge in [0.25, 0.3) is 0 Å². The quantitative estimate of drug-likeness (QED) is 0.555. The second-order valence-corrected chi connectivity index (χ2v) is 3.47. The van der Waals surface area contributed by atoms with E-state index < -0.39 is 0 Å². The molecular formula is C9H10OSe. The van der Waals surface area contributed by atoms with Crippen LogP contribution in [0.3, 0.4) is 0 Å². The van der Waals surface area contributed by atoms with Crippen molar-refractivity contribution in [1.82, 2.24) is 0 Å². The van der Waals surface area contributed by atoms with Gasteiger partial charge in [-0.2, -0.15) is 0 Å². The molecule has 0 fully saturated rings. The van der Waals surface area contributed by atoms with Crippen LogP contribution in [0.4, 0.5) is 0 Å². The molecule has 1 aromatic heterocycles. The molecule has 0 saturated carbocycles. The summed E-state index contributed by atoms with van der Waals surface area (Å²) in [5.74, 6) is 3.06. The van der Waals surface area contributed by atoms with Crippen LogP contribution in [0, 0.1) is 0 Å². The zero-order chi connectivity index (χ0) is 8.10. The molecule has 0 atom stereocenters. The Hall–Kier alpha value is -0.721. The predicted molar refractivity (Wildman–Crippen MR) is 48.5 cm³/mol. The van der Waals surface area contributed by atoms with Crippen LogP contribution in [0.2, 0.25) is 5.82 Å². The number of rotatable bonds is 3. The van der Waals surface area contributed by atoms with E-state index in [0.29, 0.717) is 15.0 Å². The van der Waals surface area contributed by atoms with Gasteiger partial charge < -0.3 is 0 Å². The summed E-state index contributed by atoms with van der Waals surface area (Å²) in [6, 6.07) is 3.83. The van der Waals surface area contributed by atoms with E-state index >= 15 is 0 Å². The fourth-order valence-corrected chi connectivity index (χ4v) is 1.75. The van der Waals surface area contributed by atoms with E-state index in [9.17, 15) is 0 Å². The van der Waals surface area contributed by atoms with Gasteiger partial charge in [0.15, 0.2) is 0 Å². The van der Waals surface area contributed by atoms with E-state index in [4.69, 9.17) is 4.42 Å². The standard InChI is InChI=1S/C9H10OSe/c1-3-8(7-11-2)9-5-4-6-10-9/h3-7H,1H2,2H3/b8-7+. The molecule has 0 radical (unpaired) electrons. The van der Waals surface area contributed by atoms with Crippen molar-refractivity contribution in [3.8, 4) is 0 Å². The molecule has 0 bridgehead atoms. The predicted octanol–water partition coefficient (Wildman–Crippen LogP) is 2.56. The van der Waals surface area contributed by atoms with Gasteiger partial charge >= 0.3 is 72.6 Å². The average molecular weight is 213 g/mol. The molecule has 0 aliphatic rings. The summed E-state index contributed by atoms with van der Waals surface area (Å²) in [6.45, 7) is 3.72. The van der Waals surface area contributed by atoms with Gasteiger partial charge in [0, 0.05) is 0 Å². The SMILES string of the molecule is C=C/C(=C\[Se]C)c1ccco1. The van der Waals surface area contributed by atoms with Gasteiger partial charge in [-0.3, -0.25) is 0 Å². The van der Waals surface area contributed by atoms with Crippen molar-refractivity contribution in [3.05, 3.63) is 41.8 Å². The first-order valence-corrected chi connectivity index (χ1v) is 5.98. The molecule has 0 aromatic carbocycles. The maximum absolute atomic E-state index is 5.21. The Morgan fingerprint density at radius 3 is 3.00 bits per heavy atom. The van der Waals surface area contributed by atoms with Crippen molar-refractivity contribution in [2.75, 3.05) is 0 Å². The van der Waals surface area contributed by atoms with Crippen molar-refractivity contribution in [2.45, 2.75) is 5.82 Å². The van der Waals surface area contributed by atoms with Crippen molar-refractivity contribution in [2.24, 2.45) is 0 Å². The summed E-state index contributed by atoms with van der Waals surface area (Å²) >= 11 is 0.524.